The van der Waals surface area contributed by atoms with E-state index in [0.717, 1.165) is 18.7 Å². The van der Waals surface area contributed by atoms with Crippen LogP contribution in [0.5, 0.6) is 0 Å². The van der Waals surface area contributed by atoms with Crippen LogP contribution in [-0.4, -0.2) is 30.8 Å². The monoisotopic (exact) mass is 243 g/mol. The molecule has 0 aliphatic carbocycles. The van der Waals surface area contributed by atoms with Crippen LogP contribution in [0.25, 0.3) is 0 Å². The molecule has 1 saturated heterocycles. The molecule has 88 valence electrons. The summed E-state index contributed by atoms with van der Waals surface area (Å²) in [5, 5.41) is 12.0. The van der Waals surface area contributed by atoms with Crippen molar-refractivity contribution in [2.45, 2.75) is 6.10 Å². The van der Waals surface area contributed by atoms with E-state index in [-0.39, 0.29) is 18.5 Å². The summed E-state index contributed by atoms with van der Waals surface area (Å²) in [5.74, 6) is -0.899. The lowest BCUT2D eigenvalue weighted by Gasteiger charge is -2.23. The van der Waals surface area contributed by atoms with Gasteiger partial charge in [0.25, 0.3) is 0 Å². The summed E-state index contributed by atoms with van der Waals surface area (Å²) < 4.78 is 5.55. The third-order valence-electron chi connectivity index (χ3n) is 2.46. The second-order valence-electron chi connectivity index (χ2n) is 3.49. The van der Waals surface area contributed by atoms with Gasteiger partial charge in [-0.05, 0) is 17.7 Å². The number of carboxylic acid groups (broad SMARTS) is 1. The van der Waals surface area contributed by atoms with Crippen LogP contribution in [0, 0.1) is 0 Å². The second-order valence-corrected chi connectivity index (χ2v) is 3.49. The number of morpholine rings is 1. The van der Waals surface area contributed by atoms with Crippen LogP contribution in [0.15, 0.2) is 24.3 Å². The first-order valence-electron chi connectivity index (χ1n) is 4.93. The first kappa shape index (κ1) is 13.0. The fourth-order valence-corrected chi connectivity index (χ4v) is 1.62. The zero-order valence-corrected chi connectivity index (χ0v) is 9.50. The first-order chi connectivity index (χ1) is 7.27. The molecule has 5 heteroatoms. The van der Waals surface area contributed by atoms with Gasteiger partial charge in [0.1, 0.15) is 0 Å². The van der Waals surface area contributed by atoms with Crippen molar-refractivity contribution in [3.05, 3.63) is 35.4 Å². The highest BCUT2D eigenvalue weighted by Gasteiger charge is 2.15. The Labute approximate surface area is 100 Å². The highest BCUT2D eigenvalue weighted by atomic mass is 35.5. The number of aromatic carboxylic acids is 1. The predicted molar refractivity (Wildman–Crippen MR) is 62.2 cm³/mol. The number of hydrogen-bond donors (Lipinski definition) is 2. The minimum absolute atomic E-state index is 0. The average molecular weight is 244 g/mol. The van der Waals surface area contributed by atoms with Crippen molar-refractivity contribution in [1.29, 1.82) is 0 Å². The van der Waals surface area contributed by atoms with Crippen molar-refractivity contribution in [3.63, 3.8) is 0 Å². The van der Waals surface area contributed by atoms with Crippen LogP contribution in [0.1, 0.15) is 22.0 Å². The molecule has 1 fully saturated rings. The Hall–Kier alpha value is -1.10. The van der Waals surface area contributed by atoms with E-state index in [0.29, 0.717) is 12.2 Å². The number of rotatable bonds is 2. The van der Waals surface area contributed by atoms with Crippen molar-refractivity contribution in [2.75, 3.05) is 19.7 Å². The summed E-state index contributed by atoms with van der Waals surface area (Å²) >= 11 is 0. The topological polar surface area (TPSA) is 58.6 Å². The van der Waals surface area contributed by atoms with Gasteiger partial charge in [-0.2, -0.15) is 0 Å². The van der Waals surface area contributed by atoms with Gasteiger partial charge in [0.05, 0.1) is 18.3 Å². The largest absolute Gasteiger partial charge is 0.478 e. The lowest BCUT2D eigenvalue weighted by molar-refractivity contribution is 0.0276. The number of carboxylic acids is 1. The summed E-state index contributed by atoms with van der Waals surface area (Å²) in [6.45, 7) is 2.36. The molecule has 4 nitrogen and oxygen atoms in total. The van der Waals surface area contributed by atoms with Crippen molar-refractivity contribution in [2.24, 2.45) is 0 Å². The minimum atomic E-state index is -0.899. The van der Waals surface area contributed by atoms with Crippen molar-refractivity contribution in [1.82, 2.24) is 5.32 Å². The second kappa shape index (κ2) is 5.84. The van der Waals surface area contributed by atoms with E-state index in [2.05, 4.69) is 5.32 Å². The zero-order chi connectivity index (χ0) is 10.7. The fraction of sp³-hybridized carbons (Fsp3) is 0.364. The number of ether oxygens (including phenoxy) is 1. The van der Waals surface area contributed by atoms with E-state index < -0.39 is 5.97 Å². The normalized spacial score (nSPS) is 19.9. The Kier molecular flexibility index (Phi) is 4.73. The Morgan fingerprint density at radius 3 is 2.56 bits per heavy atom. The summed E-state index contributed by atoms with van der Waals surface area (Å²) in [6, 6.07) is 6.83. The SMILES string of the molecule is Cl.O=C(O)c1ccc(C2CNCCO2)cc1. The summed E-state index contributed by atoms with van der Waals surface area (Å²) in [5.41, 5.74) is 1.33. The van der Waals surface area contributed by atoms with E-state index in [9.17, 15) is 4.79 Å². The van der Waals surface area contributed by atoms with E-state index in [4.69, 9.17) is 9.84 Å². The van der Waals surface area contributed by atoms with Gasteiger partial charge in [-0.15, -0.1) is 12.4 Å². The molecule has 1 aliphatic rings. The van der Waals surface area contributed by atoms with Crippen LogP contribution < -0.4 is 5.32 Å². The highest BCUT2D eigenvalue weighted by Crippen LogP contribution is 2.18. The Balaban J connectivity index is 0.00000128. The van der Waals surface area contributed by atoms with Crippen LogP contribution in [0.4, 0.5) is 0 Å². The van der Waals surface area contributed by atoms with Crippen LogP contribution in [-0.2, 0) is 4.74 Å². The molecule has 1 unspecified atom stereocenters. The van der Waals surface area contributed by atoms with Gasteiger partial charge >= 0.3 is 5.97 Å². The summed E-state index contributed by atoms with van der Waals surface area (Å²) in [7, 11) is 0. The van der Waals surface area contributed by atoms with E-state index in [1.165, 1.54) is 0 Å². The molecule has 1 heterocycles. The average Bonchev–Trinajstić information content (AvgIpc) is 2.30. The lowest BCUT2D eigenvalue weighted by atomic mass is 10.1. The molecule has 0 aromatic heterocycles. The van der Waals surface area contributed by atoms with Crippen LogP contribution >= 0.6 is 12.4 Å². The van der Waals surface area contributed by atoms with Gasteiger partial charge in [0.15, 0.2) is 0 Å². The number of benzene rings is 1. The molecule has 2 N–H and O–H groups in total. The molecule has 0 spiro atoms. The number of hydrogen-bond acceptors (Lipinski definition) is 3. The maximum atomic E-state index is 10.6. The van der Waals surface area contributed by atoms with Gasteiger partial charge in [0, 0.05) is 13.1 Å². The molecule has 0 bridgehead atoms. The molecule has 0 radical (unpaired) electrons. The quantitative estimate of drug-likeness (QED) is 0.826. The van der Waals surface area contributed by atoms with Gasteiger partial charge < -0.3 is 15.2 Å². The van der Waals surface area contributed by atoms with Gasteiger partial charge in [-0.3, -0.25) is 0 Å². The maximum Gasteiger partial charge on any atom is 0.335 e. The predicted octanol–water partition coefficient (Wildman–Crippen LogP) is 1.47. The van der Waals surface area contributed by atoms with Gasteiger partial charge in [-0.25, -0.2) is 4.79 Å². The molecule has 1 aliphatic heterocycles. The summed E-state index contributed by atoms with van der Waals surface area (Å²) in [6.07, 6.45) is 0.0431. The van der Waals surface area contributed by atoms with Crippen LogP contribution in [0.3, 0.4) is 0 Å². The van der Waals surface area contributed by atoms with E-state index >= 15 is 0 Å². The number of nitrogens with one attached hydrogen (secondary N) is 1. The molecule has 2 rings (SSSR count). The first-order valence-corrected chi connectivity index (χ1v) is 4.93. The molecular weight excluding hydrogens is 230 g/mol. The third kappa shape index (κ3) is 2.95. The van der Waals surface area contributed by atoms with E-state index in [1.807, 2.05) is 0 Å². The highest BCUT2D eigenvalue weighted by molar-refractivity contribution is 5.87. The zero-order valence-electron chi connectivity index (χ0n) is 8.68. The van der Waals surface area contributed by atoms with Crippen molar-refractivity contribution >= 4 is 18.4 Å². The lowest BCUT2D eigenvalue weighted by Crippen LogP contribution is -2.33. The van der Waals surface area contributed by atoms with Gasteiger partial charge in [-0.1, -0.05) is 12.1 Å². The molecule has 1 aromatic carbocycles. The fourth-order valence-electron chi connectivity index (χ4n) is 1.62. The van der Waals surface area contributed by atoms with Crippen molar-refractivity contribution in [3.8, 4) is 0 Å². The smallest absolute Gasteiger partial charge is 0.335 e. The molecule has 0 amide bonds. The summed E-state index contributed by atoms with van der Waals surface area (Å²) in [4.78, 5) is 10.6. The molecule has 1 atom stereocenters. The maximum absolute atomic E-state index is 10.6. The molecule has 0 saturated carbocycles. The Morgan fingerprint density at radius 1 is 1.38 bits per heavy atom. The Bertz CT molecular complexity index is 347. The Morgan fingerprint density at radius 2 is 2.06 bits per heavy atom. The third-order valence-corrected chi connectivity index (χ3v) is 2.46. The van der Waals surface area contributed by atoms with Crippen molar-refractivity contribution < 1.29 is 14.6 Å². The standard InChI is InChI=1S/C11H13NO3.ClH/c13-11(14)9-3-1-8(2-4-9)10-7-12-5-6-15-10;/h1-4,10,12H,5-7H2,(H,13,14);1H. The van der Waals surface area contributed by atoms with E-state index in [1.54, 1.807) is 24.3 Å². The minimum Gasteiger partial charge on any atom is -0.478 e. The number of halogens is 1. The number of carbonyl (C=O) groups is 1. The van der Waals surface area contributed by atoms with Gasteiger partial charge in [0.2, 0.25) is 0 Å². The van der Waals surface area contributed by atoms with Crippen LogP contribution in [0.2, 0.25) is 0 Å². The molecule has 1 aromatic rings. The molecular formula is C11H14ClNO3. The molecule has 16 heavy (non-hydrogen) atoms.